The van der Waals surface area contributed by atoms with Crippen LogP contribution in [0.5, 0.6) is 5.75 Å². The van der Waals surface area contributed by atoms with Crippen LogP contribution in [0.2, 0.25) is 0 Å². The Hall–Kier alpha value is -4.94. The number of aliphatic hydroxyl groups is 5. The Kier molecular flexibility index (Phi) is 35.2. The molecule has 1 saturated heterocycles. The van der Waals surface area contributed by atoms with Crippen molar-refractivity contribution in [2.45, 2.75) is 300 Å². The number of amides is 2. The molecule has 2 aliphatic heterocycles. The Bertz CT molecular complexity index is 2590. The van der Waals surface area contributed by atoms with Crippen LogP contribution in [0.1, 0.15) is 272 Å². The molecule has 16 nitrogen and oxygen atoms in total. The van der Waals surface area contributed by atoms with Crippen LogP contribution in [0, 0.1) is 0 Å². The number of unbranched alkanes of at least 4 members (excludes halogenated alkanes) is 33. The van der Waals surface area contributed by atoms with Crippen LogP contribution in [0.3, 0.4) is 0 Å². The fourth-order valence-corrected chi connectivity index (χ4v) is 12.2. The van der Waals surface area contributed by atoms with Gasteiger partial charge >= 0.3 is 5.97 Å². The number of carboxylic acid groups (broad SMARTS) is 1. The summed E-state index contributed by atoms with van der Waals surface area (Å²) in [6, 6.07) is 11.3. The van der Waals surface area contributed by atoms with Gasteiger partial charge in [-0.1, -0.05) is 238 Å². The molecule has 1 fully saturated rings. The van der Waals surface area contributed by atoms with E-state index in [2.05, 4.69) is 24.5 Å². The van der Waals surface area contributed by atoms with E-state index in [1.807, 2.05) is 0 Å². The van der Waals surface area contributed by atoms with Crippen LogP contribution >= 0.6 is 0 Å². The molecule has 0 aromatic heterocycles. The molecule has 0 radical (unpaired) electrons. The highest BCUT2D eigenvalue weighted by atomic mass is 16.7. The van der Waals surface area contributed by atoms with E-state index in [0.29, 0.717) is 35.8 Å². The number of hydrogen-bond acceptors (Lipinski definition) is 13. The fraction of sp³-hybridized carbons (Fsp3) is 0.690. The van der Waals surface area contributed by atoms with Crippen LogP contribution < -0.4 is 16.1 Å². The number of aliphatic hydroxyl groups excluding tert-OH is 5. The van der Waals surface area contributed by atoms with Gasteiger partial charge in [0.1, 0.15) is 47.6 Å². The number of nitrogens with one attached hydrogen (secondary N) is 2. The highest BCUT2D eigenvalue weighted by Crippen LogP contribution is 2.42. The number of benzene rings is 3. The summed E-state index contributed by atoms with van der Waals surface area (Å²) in [4.78, 5) is 52.3. The second-order valence-electron chi connectivity index (χ2n) is 24.9. The number of aromatic carboxylic acids is 1. The largest absolute Gasteiger partial charge is 0.508 e. The first-order valence-electron chi connectivity index (χ1n) is 34.1. The number of carbonyl (C=O) groups is 3. The molecule has 2 aromatic rings. The molecule has 5 rings (SSSR count). The molecule has 7 unspecified atom stereocenters. The lowest BCUT2D eigenvalue weighted by atomic mass is 9.90. The fourth-order valence-electron chi connectivity index (χ4n) is 12.2. The van der Waals surface area contributed by atoms with E-state index in [-0.39, 0.29) is 51.5 Å². The molecule has 16 heteroatoms. The normalized spacial score (nSPS) is 18.0. The molecule has 3 aliphatic rings. The van der Waals surface area contributed by atoms with Crippen LogP contribution in [-0.4, -0.2) is 116 Å². The van der Waals surface area contributed by atoms with Crippen LogP contribution in [0.25, 0.3) is 33.4 Å². The molecule has 1 aliphatic carbocycles. The number of aromatic hydroxyl groups is 1. The van der Waals surface area contributed by atoms with Crippen LogP contribution in [0.15, 0.2) is 63.8 Å². The van der Waals surface area contributed by atoms with Crippen molar-refractivity contribution in [3.05, 3.63) is 75.9 Å². The standard InChI is InChI=1S/C71H110N2O14/c1-3-5-7-9-11-13-15-17-18-19-20-21-22-23-24-25-26-27-29-31-33-35-37-39-63(77)73-58(65(78)59(76)38-36-34-32-30-28-16-14-12-10-8-6-4-2)50-85-71-68(81)67(80)66(79)62(87-71)49-72-69(82)51-40-43-54(57(46-51)70(83)84)64-55-44-41-52(74)47-60(55)86-61-48-53(75)42-45-56(61)64/h40-48,58-59,62,65-68,71,74,76,78-81H,3-39,49-50H2,1-2H3,(H,72,82)(H,73,77)(H,83,84)/t58-,59?,62?,65?,66?,67?,68?,71?/m0/s1. The molecule has 0 saturated carbocycles. The van der Waals surface area contributed by atoms with Gasteiger partial charge in [0, 0.05) is 47.2 Å². The third kappa shape index (κ3) is 26.2. The first kappa shape index (κ1) is 72.8. The van der Waals surface area contributed by atoms with E-state index in [1.165, 1.54) is 222 Å². The number of hydrogen-bond donors (Lipinski definition) is 9. The van der Waals surface area contributed by atoms with Crippen molar-refractivity contribution in [2.75, 3.05) is 13.2 Å². The molecule has 87 heavy (non-hydrogen) atoms. The molecule has 8 atom stereocenters. The number of ether oxygens (including phenoxy) is 2. The van der Waals surface area contributed by atoms with E-state index in [4.69, 9.17) is 13.9 Å². The van der Waals surface area contributed by atoms with Gasteiger partial charge < -0.3 is 60.3 Å². The van der Waals surface area contributed by atoms with Gasteiger partial charge in [-0.3, -0.25) is 14.4 Å². The number of carboxylic acids is 1. The van der Waals surface area contributed by atoms with Crippen molar-refractivity contribution >= 4 is 28.8 Å². The number of phenols is 1. The number of fused-ring (bicyclic) bond motifs is 2. The summed E-state index contributed by atoms with van der Waals surface area (Å²) in [5, 5.41) is 82.5. The van der Waals surface area contributed by atoms with Crippen molar-refractivity contribution in [1.29, 1.82) is 0 Å². The molecule has 0 bridgehead atoms. The molecule has 2 heterocycles. The summed E-state index contributed by atoms with van der Waals surface area (Å²) in [5.74, 6) is -2.41. The predicted octanol–water partition coefficient (Wildman–Crippen LogP) is 14.2. The molecular weight excluding hydrogens is 1100 g/mol. The summed E-state index contributed by atoms with van der Waals surface area (Å²) in [5.41, 5.74) is 0.521. The lowest BCUT2D eigenvalue weighted by Gasteiger charge is -2.41. The van der Waals surface area contributed by atoms with Gasteiger partial charge in [-0.05, 0) is 54.8 Å². The van der Waals surface area contributed by atoms with Crippen molar-refractivity contribution < 1.29 is 64.0 Å². The number of rotatable bonds is 48. The second-order valence-corrected chi connectivity index (χ2v) is 24.9. The van der Waals surface area contributed by atoms with Crippen molar-refractivity contribution in [3.63, 3.8) is 0 Å². The third-order valence-electron chi connectivity index (χ3n) is 17.5. The zero-order chi connectivity index (χ0) is 62.6. The molecule has 488 valence electrons. The zero-order valence-corrected chi connectivity index (χ0v) is 52.9. The number of carbonyl (C=O) groups excluding carboxylic acids is 2. The van der Waals surface area contributed by atoms with E-state index >= 15 is 0 Å². The predicted molar refractivity (Wildman–Crippen MR) is 344 cm³/mol. The maximum absolute atomic E-state index is 13.7. The summed E-state index contributed by atoms with van der Waals surface area (Å²) >= 11 is 0. The Labute approximate surface area is 519 Å². The van der Waals surface area contributed by atoms with Crippen LogP contribution in [0.4, 0.5) is 0 Å². The molecular formula is C71H110N2O14. The van der Waals surface area contributed by atoms with Gasteiger partial charge in [0.2, 0.25) is 5.91 Å². The maximum Gasteiger partial charge on any atom is 0.336 e. The van der Waals surface area contributed by atoms with E-state index in [9.17, 15) is 54.9 Å². The lowest BCUT2D eigenvalue weighted by molar-refractivity contribution is -0.297. The second kappa shape index (κ2) is 42.1. The lowest BCUT2D eigenvalue weighted by Crippen LogP contribution is -2.61. The van der Waals surface area contributed by atoms with E-state index in [0.717, 1.165) is 38.5 Å². The molecule has 2 aromatic carbocycles. The van der Waals surface area contributed by atoms with Crippen LogP contribution in [-0.2, 0) is 14.3 Å². The van der Waals surface area contributed by atoms with E-state index < -0.39 is 74.0 Å². The average Bonchev–Trinajstić information content (AvgIpc) is 0.982. The monoisotopic (exact) mass is 1210 g/mol. The van der Waals surface area contributed by atoms with Gasteiger partial charge in [0.25, 0.3) is 5.91 Å². The molecule has 0 spiro atoms. The van der Waals surface area contributed by atoms with Crippen molar-refractivity contribution in [3.8, 4) is 28.2 Å². The average molecular weight is 1220 g/mol. The quantitative estimate of drug-likeness (QED) is 0.0147. The van der Waals surface area contributed by atoms with Gasteiger partial charge in [-0.25, -0.2) is 4.79 Å². The first-order chi connectivity index (χ1) is 42.2. The Morgan fingerprint density at radius 1 is 0.575 bits per heavy atom. The highest BCUT2D eigenvalue weighted by molar-refractivity contribution is 6.09. The van der Waals surface area contributed by atoms with Gasteiger partial charge in [-0.15, -0.1) is 0 Å². The Morgan fingerprint density at radius 2 is 1.07 bits per heavy atom. The Balaban J connectivity index is 1.08. The van der Waals surface area contributed by atoms with Crippen molar-refractivity contribution in [1.82, 2.24) is 10.6 Å². The van der Waals surface area contributed by atoms with Gasteiger partial charge in [0.15, 0.2) is 11.7 Å². The molecule has 9 N–H and O–H groups in total. The minimum absolute atomic E-state index is 0.0749. The summed E-state index contributed by atoms with van der Waals surface area (Å²) in [6.45, 7) is 3.64. The third-order valence-corrected chi connectivity index (χ3v) is 17.5. The summed E-state index contributed by atoms with van der Waals surface area (Å²) < 4.78 is 17.8. The van der Waals surface area contributed by atoms with Crippen molar-refractivity contribution in [2.24, 2.45) is 0 Å². The summed E-state index contributed by atoms with van der Waals surface area (Å²) in [7, 11) is 0. The first-order valence-corrected chi connectivity index (χ1v) is 34.1. The smallest absolute Gasteiger partial charge is 0.336 e. The zero-order valence-electron chi connectivity index (χ0n) is 52.9. The maximum atomic E-state index is 13.7. The van der Waals surface area contributed by atoms with Gasteiger partial charge in [-0.2, -0.15) is 0 Å². The molecule has 2 amide bonds. The number of phenolic OH excluding ortho intramolecular Hbond substituents is 1. The topological polar surface area (TPSA) is 266 Å². The van der Waals surface area contributed by atoms with E-state index in [1.54, 1.807) is 6.07 Å². The van der Waals surface area contributed by atoms with Gasteiger partial charge in [0.05, 0.1) is 24.3 Å². The minimum atomic E-state index is -1.81. The Morgan fingerprint density at radius 3 is 1.59 bits per heavy atom. The summed E-state index contributed by atoms with van der Waals surface area (Å²) in [6.07, 6.45) is 32.6. The SMILES string of the molecule is CCCCCCCCCCCCCCCCCCCCCCCCCC(=O)N[C@@H](COC1OC(CNC(=O)c2ccc(-c3c4ccc(=O)cc-4oc4cc(O)ccc34)c(C(=O)O)c2)C(O)C(O)C1O)C(O)C(O)CCCCCCCCCCCCCC. The highest BCUT2D eigenvalue weighted by Gasteiger charge is 2.45. The minimum Gasteiger partial charge on any atom is -0.508 e.